The van der Waals surface area contributed by atoms with Gasteiger partial charge in [0.25, 0.3) is 0 Å². The number of aryl methyl sites for hydroxylation is 1. The first-order valence-corrected chi connectivity index (χ1v) is 8.54. The second-order valence-corrected chi connectivity index (χ2v) is 6.72. The molecule has 118 valence electrons. The molecule has 0 spiro atoms. The van der Waals surface area contributed by atoms with Gasteiger partial charge < -0.3 is 0 Å². The minimum absolute atomic E-state index is 0.645. The van der Waals surface area contributed by atoms with Crippen LogP contribution < -0.4 is 0 Å². The maximum Gasteiger partial charge on any atom is 0.205 e. The van der Waals surface area contributed by atoms with Gasteiger partial charge in [0.15, 0.2) is 0 Å². The molecular weight excluding hydrogens is 296 g/mol. The van der Waals surface area contributed by atoms with Gasteiger partial charge in [0.05, 0.1) is 0 Å². The Labute approximate surface area is 139 Å². The van der Waals surface area contributed by atoms with Gasteiger partial charge >= 0.3 is 0 Å². The number of aromatic amines is 1. The molecule has 1 aliphatic rings. The fourth-order valence-electron chi connectivity index (χ4n) is 4.21. The van der Waals surface area contributed by atoms with Crippen molar-refractivity contribution >= 4 is 21.5 Å². The first-order valence-electron chi connectivity index (χ1n) is 8.54. The summed E-state index contributed by atoms with van der Waals surface area (Å²) in [7, 11) is 0. The number of rotatable bonds is 1. The van der Waals surface area contributed by atoms with Crippen LogP contribution in [0.1, 0.15) is 36.8 Å². The topological polar surface area (TPSA) is 54.5 Å². The van der Waals surface area contributed by atoms with E-state index in [1.807, 2.05) is 0 Å². The van der Waals surface area contributed by atoms with Gasteiger partial charge in [0, 0.05) is 5.56 Å². The van der Waals surface area contributed by atoms with Crippen molar-refractivity contribution in [2.24, 2.45) is 0 Å². The molecule has 1 N–H and O–H groups in total. The summed E-state index contributed by atoms with van der Waals surface area (Å²) in [5.74, 6) is 1.31. The Morgan fingerprint density at radius 1 is 0.958 bits per heavy atom. The van der Waals surface area contributed by atoms with E-state index in [1.165, 1.54) is 51.9 Å². The number of hydrogen-bond acceptors (Lipinski definition) is 3. The smallest absolute Gasteiger partial charge is 0.177 e. The predicted molar refractivity (Wildman–Crippen MR) is 96.0 cm³/mol. The molecule has 0 fully saturated rings. The molecule has 24 heavy (non-hydrogen) atoms. The van der Waals surface area contributed by atoms with Crippen LogP contribution in [0, 0.1) is 0 Å². The Bertz CT molecular complexity index is 1050. The number of aromatic nitrogens is 4. The zero-order chi connectivity index (χ0) is 16.1. The largest absolute Gasteiger partial charge is 0.205 e. The molecule has 0 bridgehead atoms. The van der Waals surface area contributed by atoms with Crippen LogP contribution in [0.25, 0.3) is 32.9 Å². The lowest BCUT2D eigenvalue weighted by Crippen LogP contribution is -2.07. The average molecular weight is 314 g/mol. The van der Waals surface area contributed by atoms with Crippen molar-refractivity contribution < 1.29 is 0 Å². The van der Waals surface area contributed by atoms with Crippen LogP contribution in [0.2, 0.25) is 0 Å². The SMILES string of the molecule is CC1CCCc2c1ccc1c2ccc2c(-c3nn[nH]n3)cccc21. The second kappa shape index (κ2) is 5.13. The Kier molecular flexibility index (Phi) is 2.92. The van der Waals surface area contributed by atoms with Crippen molar-refractivity contribution in [2.45, 2.75) is 32.1 Å². The van der Waals surface area contributed by atoms with Crippen molar-refractivity contribution in [2.75, 3.05) is 0 Å². The van der Waals surface area contributed by atoms with Gasteiger partial charge in [-0.2, -0.15) is 5.21 Å². The summed E-state index contributed by atoms with van der Waals surface area (Å²) < 4.78 is 0. The van der Waals surface area contributed by atoms with Crippen molar-refractivity contribution in [1.29, 1.82) is 0 Å². The Balaban J connectivity index is 1.84. The molecule has 0 saturated heterocycles. The van der Waals surface area contributed by atoms with E-state index in [9.17, 15) is 0 Å². The molecule has 0 aliphatic heterocycles. The molecule has 1 heterocycles. The van der Waals surface area contributed by atoms with E-state index in [0.29, 0.717) is 11.7 Å². The van der Waals surface area contributed by atoms with E-state index in [1.54, 1.807) is 0 Å². The highest BCUT2D eigenvalue weighted by Gasteiger charge is 2.19. The minimum Gasteiger partial charge on any atom is -0.177 e. The highest BCUT2D eigenvalue weighted by atomic mass is 15.5. The zero-order valence-electron chi connectivity index (χ0n) is 13.6. The third-order valence-electron chi connectivity index (χ3n) is 5.39. The molecule has 0 amide bonds. The molecule has 5 rings (SSSR count). The summed E-state index contributed by atoms with van der Waals surface area (Å²) >= 11 is 0. The highest BCUT2D eigenvalue weighted by Crippen LogP contribution is 2.39. The predicted octanol–water partition coefficient (Wildman–Crippen LogP) is 4.61. The molecule has 1 aliphatic carbocycles. The standard InChI is InChI=1S/C20H18N4/c1-12-4-2-5-14-13(12)8-9-17-15-6-3-7-19(20-21-23-24-22-20)18(15)11-10-16(14)17/h3,6-12H,2,4-5H2,1H3,(H,21,22,23,24). The number of tetrazole rings is 1. The Morgan fingerprint density at radius 3 is 2.67 bits per heavy atom. The number of H-pyrrole nitrogens is 1. The quantitative estimate of drug-likeness (QED) is 0.522. The maximum absolute atomic E-state index is 4.15. The summed E-state index contributed by atoms with van der Waals surface area (Å²) in [6, 6.07) is 15.4. The number of nitrogens with zero attached hydrogens (tertiary/aromatic N) is 3. The normalized spacial score (nSPS) is 17.3. The molecule has 1 unspecified atom stereocenters. The molecule has 1 atom stereocenters. The van der Waals surface area contributed by atoms with E-state index >= 15 is 0 Å². The lowest BCUT2D eigenvalue weighted by molar-refractivity contribution is 0.593. The van der Waals surface area contributed by atoms with Crippen molar-refractivity contribution in [3.8, 4) is 11.4 Å². The fraction of sp³-hybridized carbons (Fsp3) is 0.250. The van der Waals surface area contributed by atoms with E-state index < -0.39 is 0 Å². The molecule has 4 aromatic rings. The van der Waals surface area contributed by atoms with Crippen molar-refractivity contribution in [3.05, 3.63) is 53.6 Å². The Morgan fingerprint density at radius 2 is 1.79 bits per heavy atom. The van der Waals surface area contributed by atoms with Crippen molar-refractivity contribution in [3.63, 3.8) is 0 Å². The van der Waals surface area contributed by atoms with E-state index in [-0.39, 0.29) is 0 Å². The lowest BCUT2D eigenvalue weighted by atomic mass is 9.81. The summed E-state index contributed by atoms with van der Waals surface area (Å²) in [6.45, 7) is 2.35. The summed E-state index contributed by atoms with van der Waals surface area (Å²) in [4.78, 5) is 0. The van der Waals surface area contributed by atoms with Gasteiger partial charge in [0.1, 0.15) is 0 Å². The van der Waals surface area contributed by atoms with Crippen LogP contribution in [0.5, 0.6) is 0 Å². The second-order valence-electron chi connectivity index (χ2n) is 6.72. The summed E-state index contributed by atoms with van der Waals surface area (Å²) in [5.41, 5.74) is 4.09. The Hall–Kier alpha value is -2.75. The third-order valence-corrected chi connectivity index (χ3v) is 5.39. The minimum atomic E-state index is 0.645. The van der Waals surface area contributed by atoms with E-state index in [2.05, 4.69) is 70.0 Å². The maximum atomic E-state index is 4.15. The molecule has 0 radical (unpaired) electrons. The van der Waals surface area contributed by atoms with Crippen LogP contribution in [0.15, 0.2) is 42.5 Å². The van der Waals surface area contributed by atoms with E-state index in [0.717, 1.165) is 5.56 Å². The molecule has 4 nitrogen and oxygen atoms in total. The van der Waals surface area contributed by atoms with Crippen LogP contribution in [0.3, 0.4) is 0 Å². The first kappa shape index (κ1) is 13.7. The number of benzene rings is 3. The molecule has 1 aromatic heterocycles. The van der Waals surface area contributed by atoms with Crippen molar-refractivity contribution in [1.82, 2.24) is 20.6 Å². The van der Waals surface area contributed by atoms with Gasteiger partial charge in [0.2, 0.25) is 5.82 Å². The summed E-state index contributed by atoms with van der Waals surface area (Å²) in [6.07, 6.45) is 3.77. The number of hydrogen-bond donors (Lipinski definition) is 1. The fourth-order valence-corrected chi connectivity index (χ4v) is 4.21. The zero-order valence-corrected chi connectivity index (χ0v) is 13.6. The number of nitrogens with one attached hydrogen (secondary N) is 1. The molecule has 0 saturated carbocycles. The monoisotopic (exact) mass is 314 g/mol. The van der Waals surface area contributed by atoms with Crippen LogP contribution >= 0.6 is 0 Å². The van der Waals surface area contributed by atoms with E-state index in [4.69, 9.17) is 0 Å². The van der Waals surface area contributed by atoms with Gasteiger partial charge in [-0.25, -0.2) is 0 Å². The average Bonchev–Trinajstić information content (AvgIpc) is 3.15. The summed E-state index contributed by atoms with van der Waals surface area (Å²) in [5, 5.41) is 19.7. The highest BCUT2D eigenvalue weighted by molar-refractivity contribution is 6.12. The molecule has 4 heteroatoms. The van der Waals surface area contributed by atoms with Gasteiger partial charge in [-0.1, -0.05) is 49.4 Å². The van der Waals surface area contributed by atoms with Crippen LogP contribution in [-0.2, 0) is 6.42 Å². The molecular formula is C20H18N4. The van der Waals surface area contributed by atoms with Gasteiger partial charge in [-0.3, -0.25) is 0 Å². The number of fused-ring (bicyclic) bond motifs is 5. The van der Waals surface area contributed by atoms with Gasteiger partial charge in [-0.05, 0) is 63.1 Å². The lowest BCUT2D eigenvalue weighted by Gasteiger charge is -2.24. The van der Waals surface area contributed by atoms with Gasteiger partial charge in [-0.15, -0.1) is 10.2 Å². The first-order chi connectivity index (χ1) is 11.8. The molecule has 3 aromatic carbocycles. The van der Waals surface area contributed by atoms with Crippen LogP contribution in [0.4, 0.5) is 0 Å². The van der Waals surface area contributed by atoms with Crippen LogP contribution in [-0.4, -0.2) is 20.6 Å². The third kappa shape index (κ3) is 1.89.